The maximum Gasteiger partial charge on any atom is 0.433 e. The van der Waals surface area contributed by atoms with Crippen molar-refractivity contribution in [3.05, 3.63) is 88.9 Å². The third-order valence-corrected chi connectivity index (χ3v) is 4.33. The van der Waals surface area contributed by atoms with Gasteiger partial charge in [0.15, 0.2) is 0 Å². The molecule has 1 aromatic heterocycles. The Kier molecular flexibility index (Phi) is 5.64. The van der Waals surface area contributed by atoms with Gasteiger partial charge in [0.2, 0.25) is 0 Å². The van der Waals surface area contributed by atoms with E-state index in [1.165, 1.54) is 42.5 Å². The van der Waals surface area contributed by atoms with Gasteiger partial charge in [0.05, 0.1) is 11.3 Å². The smallest absolute Gasteiger partial charge is 0.243 e. The lowest BCUT2D eigenvalue weighted by Gasteiger charge is -2.14. The maximum absolute atomic E-state index is 13.5. The molecule has 1 nitrogen and oxygen atoms in total. The highest BCUT2D eigenvalue weighted by Crippen LogP contribution is 2.33. The number of aryl methyl sites for hydroxylation is 2. The quantitative estimate of drug-likeness (QED) is 0.433. The lowest BCUT2D eigenvalue weighted by atomic mass is 10.0. The number of benzene rings is 2. The average Bonchev–Trinajstić information content (AvgIpc) is 2.65. The third-order valence-electron chi connectivity index (χ3n) is 4.33. The van der Waals surface area contributed by atoms with Crippen molar-refractivity contribution in [2.75, 3.05) is 0 Å². The van der Waals surface area contributed by atoms with E-state index in [0.29, 0.717) is 5.56 Å². The molecule has 0 amide bonds. The average molecular weight is 413 g/mol. The number of hydrogen-bond acceptors (Lipinski definition) is 1. The Hall–Kier alpha value is -2.90. The van der Waals surface area contributed by atoms with Gasteiger partial charge in [0.25, 0.3) is 0 Å². The summed E-state index contributed by atoms with van der Waals surface area (Å²) < 4.78 is 91.6. The number of nitrogens with zero attached hydrogens (tertiary/aromatic N) is 1. The molecule has 0 bridgehead atoms. The minimum atomic E-state index is -4.72. The van der Waals surface area contributed by atoms with Crippen LogP contribution in [0.4, 0.5) is 30.7 Å². The Morgan fingerprint density at radius 3 is 2.00 bits per heavy atom. The Morgan fingerprint density at radius 1 is 0.724 bits per heavy atom. The van der Waals surface area contributed by atoms with E-state index in [-0.39, 0.29) is 29.7 Å². The molecule has 0 unspecified atom stereocenters. The summed E-state index contributed by atoms with van der Waals surface area (Å²) in [5, 5.41) is 0. The summed E-state index contributed by atoms with van der Waals surface area (Å²) in [5.41, 5.74) is -1.33. The summed E-state index contributed by atoms with van der Waals surface area (Å²) in [6.45, 7) is 0. The van der Waals surface area contributed by atoms with Crippen LogP contribution in [0.5, 0.6) is 0 Å². The monoisotopic (exact) mass is 413 g/mol. The first-order valence-corrected chi connectivity index (χ1v) is 8.53. The fourth-order valence-electron chi connectivity index (χ4n) is 2.88. The van der Waals surface area contributed by atoms with Gasteiger partial charge in [-0.1, -0.05) is 30.3 Å². The first-order valence-electron chi connectivity index (χ1n) is 8.53. The summed E-state index contributed by atoms with van der Waals surface area (Å²) in [4.78, 5) is 3.67. The Morgan fingerprint density at radius 2 is 1.41 bits per heavy atom. The summed E-state index contributed by atoms with van der Waals surface area (Å²) >= 11 is 0. The van der Waals surface area contributed by atoms with E-state index in [0.717, 1.165) is 18.2 Å². The fraction of sp³-hybridized carbons (Fsp3) is 0.190. The standard InChI is InChI=1S/C21H14F7N/c22-17-3-1-2-15(12-17)18-11-8-14(19(29-18)21(26,27)28)7-4-13-5-9-16(10-6-13)20(23,24)25/h1-3,5-6,8-12H,4,7H2. The van der Waals surface area contributed by atoms with Gasteiger partial charge in [0.1, 0.15) is 11.5 Å². The highest BCUT2D eigenvalue weighted by molar-refractivity contribution is 5.59. The highest BCUT2D eigenvalue weighted by atomic mass is 19.4. The second-order valence-electron chi connectivity index (χ2n) is 6.41. The SMILES string of the molecule is Fc1cccc(-c2ccc(CCc3ccc(C(F)(F)F)cc3)c(C(F)(F)F)n2)c1. The van der Waals surface area contributed by atoms with Crippen molar-refractivity contribution < 1.29 is 30.7 Å². The van der Waals surface area contributed by atoms with Crippen LogP contribution >= 0.6 is 0 Å². The second-order valence-corrected chi connectivity index (χ2v) is 6.41. The van der Waals surface area contributed by atoms with Crippen LogP contribution in [-0.4, -0.2) is 4.98 Å². The van der Waals surface area contributed by atoms with Crippen molar-refractivity contribution in [1.29, 1.82) is 0 Å². The van der Waals surface area contributed by atoms with E-state index in [9.17, 15) is 30.7 Å². The van der Waals surface area contributed by atoms with Gasteiger partial charge in [-0.05, 0) is 54.3 Å². The highest BCUT2D eigenvalue weighted by Gasteiger charge is 2.35. The van der Waals surface area contributed by atoms with E-state index in [4.69, 9.17) is 0 Å². The zero-order valence-electron chi connectivity index (χ0n) is 14.8. The van der Waals surface area contributed by atoms with Crippen molar-refractivity contribution in [2.45, 2.75) is 25.2 Å². The zero-order valence-corrected chi connectivity index (χ0v) is 14.8. The van der Waals surface area contributed by atoms with Crippen molar-refractivity contribution in [2.24, 2.45) is 0 Å². The number of halogens is 7. The van der Waals surface area contributed by atoms with Crippen molar-refractivity contribution in [3.63, 3.8) is 0 Å². The van der Waals surface area contributed by atoms with Crippen LogP contribution in [-0.2, 0) is 25.2 Å². The fourth-order valence-corrected chi connectivity index (χ4v) is 2.88. The number of aromatic nitrogens is 1. The number of rotatable bonds is 4. The first kappa shape index (κ1) is 20.8. The molecule has 8 heteroatoms. The minimum Gasteiger partial charge on any atom is -0.243 e. The predicted molar refractivity (Wildman–Crippen MR) is 93.5 cm³/mol. The summed E-state index contributed by atoms with van der Waals surface area (Å²) in [5.74, 6) is -0.593. The van der Waals surface area contributed by atoms with E-state index >= 15 is 0 Å². The molecule has 0 spiro atoms. The van der Waals surface area contributed by atoms with Crippen LogP contribution in [0.1, 0.15) is 22.4 Å². The van der Waals surface area contributed by atoms with Crippen LogP contribution in [0, 0.1) is 5.82 Å². The van der Waals surface area contributed by atoms with Gasteiger partial charge < -0.3 is 0 Å². The molecule has 3 aromatic rings. The molecule has 0 saturated carbocycles. The minimum absolute atomic E-state index is 0.0184. The lowest BCUT2D eigenvalue weighted by molar-refractivity contribution is -0.141. The third kappa shape index (κ3) is 5.13. The molecule has 2 aromatic carbocycles. The molecule has 0 saturated heterocycles. The molecule has 29 heavy (non-hydrogen) atoms. The van der Waals surface area contributed by atoms with Crippen LogP contribution in [0.15, 0.2) is 60.7 Å². The molecule has 152 valence electrons. The number of alkyl halides is 6. The van der Waals surface area contributed by atoms with Crippen molar-refractivity contribution >= 4 is 0 Å². The first-order chi connectivity index (χ1) is 13.5. The van der Waals surface area contributed by atoms with E-state index < -0.39 is 29.4 Å². The van der Waals surface area contributed by atoms with Gasteiger partial charge in [-0.2, -0.15) is 26.3 Å². The van der Waals surface area contributed by atoms with E-state index in [1.807, 2.05) is 0 Å². The molecular formula is C21H14F7N. The molecule has 3 rings (SSSR count). The maximum atomic E-state index is 13.5. The molecule has 0 radical (unpaired) electrons. The molecule has 0 aliphatic carbocycles. The Bertz CT molecular complexity index is 989. The van der Waals surface area contributed by atoms with Gasteiger partial charge in [-0.25, -0.2) is 9.37 Å². The molecule has 0 aliphatic rings. The molecule has 0 fully saturated rings. The zero-order chi connectivity index (χ0) is 21.2. The molecule has 0 atom stereocenters. The van der Waals surface area contributed by atoms with Crippen LogP contribution in [0.2, 0.25) is 0 Å². The predicted octanol–water partition coefficient (Wildman–Crippen LogP) is 6.71. The van der Waals surface area contributed by atoms with Crippen LogP contribution < -0.4 is 0 Å². The van der Waals surface area contributed by atoms with Gasteiger partial charge in [0, 0.05) is 5.56 Å². The number of pyridine rings is 1. The van der Waals surface area contributed by atoms with Crippen molar-refractivity contribution in [3.8, 4) is 11.3 Å². The molecule has 0 N–H and O–H groups in total. The van der Waals surface area contributed by atoms with Crippen LogP contribution in [0.25, 0.3) is 11.3 Å². The molecule has 0 aliphatic heterocycles. The topological polar surface area (TPSA) is 12.9 Å². The Labute approximate surface area is 161 Å². The van der Waals surface area contributed by atoms with E-state index in [1.54, 1.807) is 0 Å². The van der Waals surface area contributed by atoms with E-state index in [2.05, 4.69) is 4.98 Å². The lowest BCUT2D eigenvalue weighted by Crippen LogP contribution is -2.13. The normalized spacial score (nSPS) is 12.2. The Balaban J connectivity index is 1.85. The second kappa shape index (κ2) is 7.85. The summed E-state index contributed by atoms with van der Waals surface area (Å²) in [7, 11) is 0. The summed E-state index contributed by atoms with van der Waals surface area (Å²) in [6, 6.07) is 12.0. The number of hydrogen-bond donors (Lipinski definition) is 0. The summed E-state index contributed by atoms with van der Waals surface area (Å²) in [6.07, 6.45) is -9.14. The molecular weight excluding hydrogens is 399 g/mol. The largest absolute Gasteiger partial charge is 0.433 e. The molecule has 1 heterocycles. The van der Waals surface area contributed by atoms with Gasteiger partial charge >= 0.3 is 12.4 Å². The van der Waals surface area contributed by atoms with Crippen molar-refractivity contribution in [1.82, 2.24) is 4.98 Å². The van der Waals surface area contributed by atoms with Crippen LogP contribution in [0.3, 0.4) is 0 Å². The van der Waals surface area contributed by atoms with Gasteiger partial charge in [-0.15, -0.1) is 0 Å². The van der Waals surface area contributed by atoms with Gasteiger partial charge in [-0.3, -0.25) is 0 Å².